The van der Waals surface area contributed by atoms with Crippen LogP contribution in [0.3, 0.4) is 0 Å². The second kappa shape index (κ2) is 9.08. The highest BCUT2D eigenvalue weighted by Crippen LogP contribution is 2.33. The molecule has 6 nitrogen and oxygen atoms in total. The van der Waals surface area contributed by atoms with Crippen LogP contribution in [0.2, 0.25) is 0 Å². The largest absolute Gasteiger partial charge is 0.461 e. The van der Waals surface area contributed by atoms with Crippen LogP contribution < -0.4 is 14.8 Å². The molecule has 0 saturated carbocycles. The molecule has 1 amide bonds. The zero-order valence-electron chi connectivity index (χ0n) is 15.9. The maximum Gasteiger partial charge on any atom is 0.354 e. The van der Waals surface area contributed by atoms with Gasteiger partial charge in [0.05, 0.1) is 6.61 Å². The molecule has 0 radical (unpaired) electrons. The normalized spacial score (nSPS) is 12.8. The van der Waals surface area contributed by atoms with Gasteiger partial charge in [-0.25, -0.2) is 4.79 Å². The van der Waals surface area contributed by atoms with Gasteiger partial charge in [-0.3, -0.25) is 4.79 Å². The second-order valence-electron chi connectivity index (χ2n) is 6.81. The molecule has 0 unspecified atom stereocenters. The zero-order chi connectivity index (χ0) is 19.9. The number of carbonyl (C=O) groups is 2. The van der Waals surface area contributed by atoms with Crippen molar-refractivity contribution in [2.45, 2.75) is 20.3 Å². The van der Waals surface area contributed by atoms with Crippen molar-refractivity contribution < 1.29 is 23.8 Å². The van der Waals surface area contributed by atoms with Gasteiger partial charge >= 0.3 is 5.97 Å². The van der Waals surface area contributed by atoms with Crippen molar-refractivity contribution in [3.63, 3.8) is 0 Å². The van der Waals surface area contributed by atoms with E-state index in [0.717, 1.165) is 6.42 Å². The van der Waals surface area contributed by atoms with Crippen LogP contribution >= 0.6 is 0 Å². The van der Waals surface area contributed by atoms with Crippen LogP contribution in [-0.2, 0) is 9.53 Å². The summed E-state index contributed by atoms with van der Waals surface area (Å²) in [6.45, 7) is 4.55. The molecule has 1 N–H and O–H groups in total. The fourth-order valence-electron chi connectivity index (χ4n) is 2.56. The van der Waals surface area contributed by atoms with E-state index in [9.17, 15) is 9.59 Å². The molecular weight excluding hydrogens is 358 g/mol. The van der Waals surface area contributed by atoms with E-state index in [1.807, 2.05) is 19.9 Å². The number of esters is 1. The molecule has 0 saturated heterocycles. The number of nitrogens with one attached hydrogen (secondary N) is 1. The van der Waals surface area contributed by atoms with Gasteiger partial charge in [0.1, 0.15) is 5.70 Å². The highest BCUT2D eigenvalue weighted by Gasteiger charge is 2.18. The van der Waals surface area contributed by atoms with Crippen molar-refractivity contribution in [3.8, 4) is 11.5 Å². The Labute approximate surface area is 164 Å². The van der Waals surface area contributed by atoms with Gasteiger partial charge < -0.3 is 19.5 Å². The average molecular weight is 381 g/mol. The first-order chi connectivity index (χ1) is 13.5. The molecule has 2 aromatic carbocycles. The summed E-state index contributed by atoms with van der Waals surface area (Å²) in [5.74, 6) is 0.686. The van der Waals surface area contributed by atoms with Crippen molar-refractivity contribution in [2.24, 2.45) is 5.92 Å². The summed E-state index contributed by atoms with van der Waals surface area (Å²) in [4.78, 5) is 25.1. The van der Waals surface area contributed by atoms with Gasteiger partial charge in [0.25, 0.3) is 5.91 Å². The van der Waals surface area contributed by atoms with Crippen molar-refractivity contribution in [1.82, 2.24) is 5.32 Å². The number of benzene rings is 2. The topological polar surface area (TPSA) is 73.9 Å². The van der Waals surface area contributed by atoms with E-state index >= 15 is 0 Å². The molecule has 3 rings (SSSR count). The minimum absolute atomic E-state index is 0.0662. The lowest BCUT2D eigenvalue weighted by molar-refractivity contribution is -0.139. The molecule has 0 aliphatic carbocycles. The van der Waals surface area contributed by atoms with Crippen LogP contribution in [0.4, 0.5) is 0 Å². The van der Waals surface area contributed by atoms with Crippen LogP contribution in [0.15, 0.2) is 54.2 Å². The maximum atomic E-state index is 12.6. The summed E-state index contributed by atoms with van der Waals surface area (Å²) < 4.78 is 16.0. The SMILES string of the molecule is CC(C)CCOC(=O)/C(=C\c1ccc2c(c1)OCO2)NC(=O)c1ccccc1. The van der Waals surface area contributed by atoms with Gasteiger partial charge in [-0.2, -0.15) is 0 Å². The van der Waals surface area contributed by atoms with Crippen LogP contribution in [0.1, 0.15) is 36.2 Å². The average Bonchev–Trinajstić information content (AvgIpc) is 3.15. The molecule has 2 aromatic rings. The Bertz CT molecular complexity index is 874. The Kier molecular flexibility index (Phi) is 6.32. The van der Waals surface area contributed by atoms with Gasteiger partial charge in [0, 0.05) is 5.56 Å². The van der Waals surface area contributed by atoms with Crippen LogP contribution in [0, 0.1) is 5.92 Å². The molecule has 1 aliphatic heterocycles. The van der Waals surface area contributed by atoms with Crippen molar-refractivity contribution in [1.29, 1.82) is 0 Å². The standard InChI is InChI=1S/C22H23NO5/c1-15(2)10-11-26-22(25)18(23-21(24)17-6-4-3-5-7-17)12-16-8-9-19-20(13-16)28-14-27-19/h3-9,12-13,15H,10-11,14H2,1-2H3,(H,23,24)/b18-12+. The lowest BCUT2D eigenvalue weighted by Crippen LogP contribution is -2.28. The zero-order valence-corrected chi connectivity index (χ0v) is 15.9. The first-order valence-electron chi connectivity index (χ1n) is 9.18. The van der Waals surface area contributed by atoms with E-state index in [0.29, 0.717) is 28.5 Å². The van der Waals surface area contributed by atoms with Crippen molar-refractivity contribution in [3.05, 3.63) is 65.4 Å². The minimum atomic E-state index is -0.581. The molecule has 28 heavy (non-hydrogen) atoms. The molecule has 1 heterocycles. The summed E-state index contributed by atoms with van der Waals surface area (Å²) in [7, 11) is 0. The highest BCUT2D eigenvalue weighted by atomic mass is 16.7. The number of ether oxygens (including phenoxy) is 3. The Morgan fingerprint density at radius 3 is 2.61 bits per heavy atom. The fraction of sp³-hybridized carbons (Fsp3) is 0.273. The first-order valence-corrected chi connectivity index (χ1v) is 9.18. The maximum absolute atomic E-state index is 12.6. The number of rotatable bonds is 7. The summed E-state index contributed by atoms with van der Waals surface area (Å²) in [6.07, 6.45) is 2.32. The molecule has 1 aliphatic rings. The van der Waals surface area contributed by atoms with Crippen molar-refractivity contribution in [2.75, 3.05) is 13.4 Å². The lowest BCUT2D eigenvalue weighted by Gasteiger charge is -2.11. The van der Waals surface area contributed by atoms with Gasteiger partial charge in [-0.1, -0.05) is 38.1 Å². The number of hydrogen-bond donors (Lipinski definition) is 1. The smallest absolute Gasteiger partial charge is 0.354 e. The van der Waals surface area contributed by atoms with E-state index in [1.54, 1.807) is 48.5 Å². The van der Waals surface area contributed by atoms with Crippen LogP contribution in [0.25, 0.3) is 6.08 Å². The van der Waals surface area contributed by atoms with E-state index in [1.165, 1.54) is 0 Å². The second-order valence-corrected chi connectivity index (χ2v) is 6.81. The Morgan fingerprint density at radius 1 is 1.11 bits per heavy atom. The van der Waals surface area contributed by atoms with Crippen LogP contribution in [0.5, 0.6) is 11.5 Å². The van der Waals surface area contributed by atoms with Gasteiger partial charge in [-0.05, 0) is 48.2 Å². The molecule has 0 atom stereocenters. The third-order valence-electron chi connectivity index (χ3n) is 4.14. The monoisotopic (exact) mass is 381 g/mol. The first kappa shape index (κ1) is 19.5. The quantitative estimate of drug-likeness (QED) is 0.584. The van der Waals surface area contributed by atoms with Crippen molar-refractivity contribution >= 4 is 18.0 Å². The lowest BCUT2D eigenvalue weighted by atomic mass is 10.1. The number of fused-ring (bicyclic) bond motifs is 1. The predicted octanol–water partition coefficient (Wildman–Crippen LogP) is 3.78. The van der Waals surface area contributed by atoms with Crippen LogP contribution in [-0.4, -0.2) is 25.3 Å². The molecule has 0 aromatic heterocycles. The Morgan fingerprint density at radius 2 is 1.86 bits per heavy atom. The summed E-state index contributed by atoms with van der Waals surface area (Å²) in [5, 5.41) is 2.66. The molecule has 0 spiro atoms. The number of carbonyl (C=O) groups excluding carboxylic acids is 2. The van der Waals surface area contributed by atoms with Gasteiger partial charge in [0.15, 0.2) is 11.5 Å². The summed E-state index contributed by atoms with van der Waals surface area (Å²) in [5.41, 5.74) is 1.21. The molecule has 146 valence electrons. The third kappa shape index (κ3) is 5.13. The predicted molar refractivity (Wildman–Crippen MR) is 105 cm³/mol. The number of amides is 1. The van der Waals surface area contributed by atoms with Gasteiger partial charge in [-0.15, -0.1) is 0 Å². The Balaban J connectivity index is 1.81. The molecule has 0 fully saturated rings. The molecule has 6 heteroatoms. The van der Waals surface area contributed by atoms with E-state index in [2.05, 4.69) is 5.32 Å². The molecule has 0 bridgehead atoms. The Hall–Kier alpha value is -3.28. The summed E-state index contributed by atoms with van der Waals surface area (Å²) >= 11 is 0. The van der Waals surface area contributed by atoms with Gasteiger partial charge in [0.2, 0.25) is 6.79 Å². The van der Waals surface area contributed by atoms with E-state index < -0.39 is 5.97 Å². The summed E-state index contributed by atoms with van der Waals surface area (Å²) in [6, 6.07) is 14.0. The van der Waals surface area contributed by atoms with E-state index in [-0.39, 0.29) is 25.0 Å². The third-order valence-corrected chi connectivity index (χ3v) is 4.14. The van der Waals surface area contributed by atoms with E-state index in [4.69, 9.17) is 14.2 Å². The minimum Gasteiger partial charge on any atom is -0.461 e. The molecular formula is C22H23NO5. The highest BCUT2D eigenvalue weighted by molar-refractivity contribution is 6.03. The number of hydrogen-bond acceptors (Lipinski definition) is 5. The fourth-order valence-corrected chi connectivity index (χ4v) is 2.56.